The van der Waals surface area contributed by atoms with Gasteiger partial charge in [-0.2, -0.15) is 0 Å². The van der Waals surface area contributed by atoms with E-state index in [4.69, 9.17) is 0 Å². The van der Waals surface area contributed by atoms with Crippen LogP contribution in [-0.4, -0.2) is 24.5 Å². The molecule has 0 radical (unpaired) electrons. The second kappa shape index (κ2) is 38.1. The van der Waals surface area contributed by atoms with Gasteiger partial charge in [-0.25, -0.2) is 0 Å². The fraction of sp³-hybridized carbons (Fsp3) is 1.00. The van der Waals surface area contributed by atoms with Crippen molar-refractivity contribution in [2.75, 3.05) is 19.6 Å². The summed E-state index contributed by atoms with van der Waals surface area (Å²) >= 11 is 0. The maximum Gasteiger partial charge on any atom is -0.00187 e. The lowest BCUT2D eigenvalue weighted by Crippen LogP contribution is -2.27. The van der Waals surface area contributed by atoms with Crippen LogP contribution in [0.3, 0.4) is 0 Å². The van der Waals surface area contributed by atoms with E-state index in [9.17, 15) is 0 Å². The molecule has 0 fully saturated rings. The first-order valence-corrected chi connectivity index (χ1v) is 20.9. The Labute approximate surface area is 275 Å². The van der Waals surface area contributed by atoms with Crippen molar-refractivity contribution in [1.29, 1.82) is 0 Å². The average Bonchev–Trinajstić information content (AvgIpc) is 3.00. The zero-order chi connectivity index (χ0) is 31.3. The average molecular weight is 606 g/mol. The van der Waals surface area contributed by atoms with Crippen LogP contribution in [0.2, 0.25) is 0 Å². The first-order chi connectivity index (χ1) is 21.2. The molecule has 0 saturated carbocycles. The molecule has 0 heterocycles. The summed E-state index contributed by atoms with van der Waals surface area (Å²) in [6.07, 6.45) is 49.6. The van der Waals surface area contributed by atoms with E-state index in [1.165, 1.54) is 238 Å². The van der Waals surface area contributed by atoms with Crippen molar-refractivity contribution in [1.82, 2.24) is 4.90 Å². The molecule has 0 spiro atoms. The van der Waals surface area contributed by atoms with Gasteiger partial charge in [-0.15, -0.1) is 0 Å². The summed E-state index contributed by atoms with van der Waals surface area (Å²) < 4.78 is 0. The Morgan fingerprint density at radius 3 is 0.721 bits per heavy atom. The van der Waals surface area contributed by atoms with E-state index in [1.54, 1.807) is 0 Å². The lowest BCUT2D eigenvalue weighted by Gasteiger charge is -2.22. The fourth-order valence-electron chi connectivity index (χ4n) is 6.81. The molecule has 43 heavy (non-hydrogen) atoms. The van der Waals surface area contributed by atoms with E-state index in [0.717, 1.165) is 5.92 Å². The van der Waals surface area contributed by atoms with Crippen molar-refractivity contribution < 1.29 is 0 Å². The van der Waals surface area contributed by atoms with Crippen molar-refractivity contribution in [3.63, 3.8) is 0 Å². The Morgan fingerprint density at radius 1 is 0.279 bits per heavy atom. The van der Waals surface area contributed by atoms with Crippen LogP contribution in [0.4, 0.5) is 0 Å². The van der Waals surface area contributed by atoms with Gasteiger partial charge in [-0.1, -0.05) is 227 Å². The molecular formula is C42H87N. The molecule has 0 saturated heterocycles. The third-order valence-electron chi connectivity index (χ3n) is 9.91. The summed E-state index contributed by atoms with van der Waals surface area (Å²) in [5.41, 5.74) is 0. The van der Waals surface area contributed by atoms with Crippen LogP contribution in [-0.2, 0) is 0 Å². The molecule has 0 aromatic rings. The molecule has 0 atom stereocenters. The van der Waals surface area contributed by atoms with Gasteiger partial charge in [0.15, 0.2) is 0 Å². The van der Waals surface area contributed by atoms with Gasteiger partial charge in [0.2, 0.25) is 0 Å². The third-order valence-corrected chi connectivity index (χ3v) is 9.91. The van der Waals surface area contributed by atoms with Gasteiger partial charge in [-0.3, -0.25) is 0 Å². The Bertz CT molecular complexity index is 440. The van der Waals surface area contributed by atoms with Crippen molar-refractivity contribution in [3.8, 4) is 0 Å². The molecule has 0 aliphatic carbocycles. The van der Waals surface area contributed by atoms with Gasteiger partial charge in [0, 0.05) is 0 Å². The predicted octanol–water partition coefficient (Wildman–Crippen LogP) is 15.2. The molecule has 260 valence electrons. The van der Waals surface area contributed by atoms with E-state index in [2.05, 4.69) is 32.6 Å². The summed E-state index contributed by atoms with van der Waals surface area (Å²) in [5.74, 6) is 0.880. The minimum atomic E-state index is 0.880. The number of nitrogens with zero attached hydrogens (tertiary/aromatic N) is 1. The molecule has 0 N–H and O–H groups in total. The van der Waals surface area contributed by atoms with E-state index in [1.807, 2.05) is 0 Å². The summed E-state index contributed by atoms with van der Waals surface area (Å²) in [7, 11) is 0. The van der Waals surface area contributed by atoms with Crippen LogP contribution in [0, 0.1) is 5.92 Å². The Kier molecular flexibility index (Phi) is 38.1. The molecule has 0 amide bonds. The Balaban J connectivity index is 3.84. The van der Waals surface area contributed by atoms with Gasteiger partial charge in [0.25, 0.3) is 0 Å². The molecule has 0 aromatic carbocycles. The van der Waals surface area contributed by atoms with Crippen molar-refractivity contribution in [2.45, 2.75) is 246 Å². The van der Waals surface area contributed by atoms with Crippen LogP contribution in [0.15, 0.2) is 0 Å². The monoisotopic (exact) mass is 606 g/mol. The quantitative estimate of drug-likeness (QED) is 0.0633. The van der Waals surface area contributed by atoms with Crippen LogP contribution in [0.5, 0.6) is 0 Å². The van der Waals surface area contributed by atoms with Crippen LogP contribution in [0.25, 0.3) is 0 Å². The predicted molar refractivity (Wildman–Crippen MR) is 200 cm³/mol. The maximum atomic E-state index is 2.86. The largest absolute Gasteiger partial charge is 0.303 e. The van der Waals surface area contributed by atoms with Crippen LogP contribution < -0.4 is 0 Å². The zero-order valence-corrected chi connectivity index (χ0v) is 31.2. The van der Waals surface area contributed by atoms with Gasteiger partial charge >= 0.3 is 0 Å². The lowest BCUT2D eigenvalue weighted by atomic mass is 10.0. The van der Waals surface area contributed by atoms with Gasteiger partial charge < -0.3 is 4.90 Å². The van der Waals surface area contributed by atoms with Crippen molar-refractivity contribution >= 4 is 0 Å². The number of rotatable bonds is 38. The molecule has 0 rings (SSSR count). The van der Waals surface area contributed by atoms with E-state index in [-0.39, 0.29) is 0 Å². The van der Waals surface area contributed by atoms with E-state index < -0.39 is 0 Å². The van der Waals surface area contributed by atoms with Crippen LogP contribution >= 0.6 is 0 Å². The van der Waals surface area contributed by atoms with Gasteiger partial charge in [0.1, 0.15) is 0 Å². The number of hydrogen-bond donors (Lipinski definition) is 0. The third kappa shape index (κ3) is 38.1. The fourth-order valence-corrected chi connectivity index (χ4v) is 6.81. The van der Waals surface area contributed by atoms with Gasteiger partial charge in [-0.05, 0) is 44.8 Å². The minimum absolute atomic E-state index is 0.880. The first-order valence-electron chi connectivity index (χ1n) is 20.9. The molecule has 1 nitrogen and oxygen atoms in total. The zero-order valence-electron chi connectivity index (χ0n) is 31.2. The molecule has 0 aromatic heterocycles. The maximum absolute atomic E-state index is 2.86. The van der Waals surface area contributed by atoms with Crippen molar-refractivity contribution in [2.24, 2.45) is 5.92 Å². The van der Waals surface area contributed by atoms with Gasteiger partial charge in [0.05, 0.1) is 0 Å². The molecule has 0 aliphatic rings. The Hall–Kier alpha value is -0.0400. The number of hydrogen-bond acceptors (Lipinski definition) is 1. The second-order valence-corrected chi connectivity index (χ2v) is 15.0. The van der Waals surface area contributed by atoms with Crippen molar-refractivity contribution in [3.05, 3.63) is 0 Å². The van der Waals surface area contributed by atoms with Crippen LogP contribution in [0.1, 0.15) is 246 Å². The highest BCUT2D eigenvalue weighted by molar-refractivity contribution is 4.61. The topological polar surface area (TPSA) is 3.24 Å². The first kappa shape index (κ1) is 43.0. The molecule has 1 heteroatoms. The highest BCUT2D eigenvalue weighted by atomic mass is 15.1. The molecule has 0 aliphatic heterocycles. The standard InChI is InChI=1S/C42H87N/c1-5-7-9-11-13-15-17-19-21-23-25-27-31-35-39-43(41-37-33-29-30-34-38-42(3)4)40-36-32-28-26-24-22-20-18-16-14-12-10-8-6-2/h42H,5-41H2,1-4H3. The lowest BCUT2D eigenvalue weighted by molar-refractivity contribution is 0.254. The highest BCUT2D eigenvalue weighted by Gasteiger charge is 2.05. The SMILES string of the molecule is CCCCCCCCCCCCCCCCN(CCCCCCCCCCCCCCCC)CCCCCCCC(C)C. The smallest absolute Gasteiger partial charge is 0.00187 e. The summed E-state index contributed by atoms with van der Waals surface area (Å²) in [6.45, 7) is 13.5. The second-order valence-electron chi connectivity index (χ2n) is 15.0. The molecule has 0 bridgehead atoms. The van der Waals surface area contributed by atoms with E-state index >= 15 is 0 Å². The summed E-state index contributed by atoms with van der Waals surface area (Å²) in [6, 6.07) is 0. The molecular weight excluding hydrogens is 518 g/mol. The highest BCUT2D eigenvalue weighted by Crippen LogP contribution is 2.16. The Morgan fingerprint density at radius 2 is 0.488 bits per heavy atom. The summed E-state index contributed by atoms with van der Waals surface area (Å²) in [5, 5.41) is 0. The number of unbranched alkanes of at least 4 members (excludes halogenated alkanes) is 30. The van der Waals surface area contributed by atoms with E-state index in [0.29, 0.717) is 0 Å². The minimum Gasteiger partial charge on any atom is -0.303 e. The normalized spacial score (nSPS) is 11.9. The summed E-state index contributed by atoms with van der Waals surface area (Å²) in [4.78, 5) is 2.86. The molecule has 0 unspecified atom stereocenters.